The molecule has 7 heteroatoms. The molecule has 1 aliphatic rings. The van der Waals surface area contributed by atoms with E-state index < -0.39 is 0 Å². The fourth-order valence-electron chi connectivity index (χ4n) is 2.49. The van der Waals surface area contributed by atoms with Crippen LogP contribution in [0.3, 0.4) is 0 Å². The summed E-state index contributed by atoms with van der Waals surface area (Å²) in [5.74, 6) is 2.29. The summed E-state index contributed by atoms with van der Waals surface area (Å²) in [5.41, 5.74) is 1.34. The number of phenols is 1. The van der Waals surface area contributed by atoms with Crippen molar-refractivity contribution in [1.29, 1.82) is 0 Å². The van der Waals surface area contributed by atoms with Gasteiger partial charge in [-0.15, -0.1) is 0 Å². The van der Waals surface area contributed by atoms with Crippen molar-refractivity contribution in [2.24, 2.45) is 0 Å². The van der Waals surface area contributed by atoms with Crippen LogP contribution in [0.15, 0.2) is 36.7 Å². The van der Waals surface area contributed by atoms with Crippen LogP contribution in [-0.2, 0) is 0 Å². The highest BCUT2D eigenvalue weighted by Crippen LogP contribution is 2.41. The molecular formula is C16H13N3O4. The molecule has 0 saturated carbocycles. The Morgan fingerprint density at radius 3 is 3.00 bits per heavy atom. The fourth-order valence-corrected chi connectivity index (χ4v) is 2.49. The van der Waals surface area contributed by atoms with Gasteiger partial charge >= 0.3 is 0 Å². The number of nitrogens with one attached hydrogen (secondary N) is 1. The van der Waals surface area contributed by atoms with Crippen molar-refractivity contribution in [2.45, 2.75) is 0 Å². The van der Waals surface area contributed by atoms with Crippen LogP contribution < -0.4 is 19.5 Å². The predicted octanol–water partition coefficient (Wildman–Crippen LogP) is 2.82. The Morgan fingerprint density at radius 2 is 2.13 bits per heavy atom. The van der Waals surface area contributed by atoms with Crippen molar-refractivity contribution in [3.8, 4) is 23.0 Å². The maximum Gasteiger partial charge on any atom is 0.231 e. The van der Waals surface area contributed by atoms with Crippen LogP contribution in [-0.4, -0.2) is 29.0 Å². The lowest BCUT2D eigenvalue weighted by Crippen LogP contribution is -1.98. The Kier molecular flexibility index (Phi) is 3.04. The maximum atomic E-state index is 9.87. The van der Waals surface area contributed by atoms with Crippen molar-refractivity contribution in [3.05, 3.63) is 36.7 Å². The Morgan fingerprint density at radius 1 is 1.22 bits per heavy atom. The first kappa shape index (κ1) is 13.4. The van der Waals surface area contributed by atoms with E-state index in [4.69, 9.17) is 14.2 Å². The largest absolute Gasteiger partial charge is 0.504 e. The molecular weight excluding hydrogens is 298 g/mol. The molecule has 0 atom stereocenters. The molecule has 2 heterocycles. The normalized spacial score (nSPS) is 12.4. The Bertz CT molecular complexity index is 898. The number of ether oxygens (including phenoxy) is 3. The van der Waals surface area contributed by atoms with Gasteiger partial charge in [0.2, 0.25) is 6.79 Å². The van der Waals surface area contributed by atoms with Gasteiger partial charge < -0.3 is 24.6 Å². The third-order valence-corrected chi connectivity index (χ3v) is 3.59. The number of rotatable bonds is 3. The third-order valence-electron chi connectivity index (χ3n) is 3.59. The standard InChI is InChI=1S/C16H13N3O4/c1-21-14-5-9-11(6-12(14)20)17-7-18-16(9)19-10-3-2-4-13-15(10)23-8-22-13/h2-7,20H,8H2,1H3,(H,17,18,19). The average molecular weight is 311 g/mol. The Labute approximate surface area is 131 Å². The van der Waals surface area contributed by atoms with Crippen LogP contribution in [0.25, 0.3) is 10.9 Å². The Hall–Kier alpha value is -3.22. The highest BCUT2D eigenvalue weighted by Gasteiger charge is 2.18. The van der Waals surface area contributed by atoms with Crippen LogP contribution in [0, 0.1) is 0 Å². The summed E-state index contributed by atoms with van der Waals surface area (Å²) < 4.78 is 16.0. The molecule has 2 N–H and O–H groups in total. The quantitative estimate of drug-likeness (QED) is 0.769. The lowest BCUT2D eigenvalue weighted by molar-refractivity contribution is 0.174. The van der Waals surface area contributed by atoms with Gasteiger partial charge in [0.05, 0.1) is 18.3 Å². The van der Waals surface area contributed by atoms with Gasteiger partial charge in [-0.25, -0.2) is 9.97 Å². The number of nitrogens with zero attached hydrogens (tertiary/aromatic N) is 2. The molecule has 0 amide bonds. The fraction of sp³-hybridized carbons (Fsp3) is 0.125. The zero-order valence-electron chi connectivity index (χ0n) is 12.2. The van der Waals surface area contributed by atoms with E-state index in [1.165, 1.54) is 19.5 Å². The smallest absolute Gasteiger partial charge is 0.231 e. The first-order chi connectivity index (χ1) is 11.3. The van der Waals surface area contributed by atoms with E-state index in [-0.39, 0.29) is 12.5 Å². The predicted molar refractivity (Wildman–Crippen MR) is 83.6 cm³/mol. The number of methoxy groups -OCH3 is 1. The summed E-state index contributed by atoms with van der Waals surface area (Å²) in [5, 5.41) is 13.8. The molecule has 1 aliphatic heterocycles. The molecule has 0 fully saturated rings. The second kappa shape index (κ2) is 5.20. The lowest BCUT2D eigenvalue weighted by atomic mass is 10.2. The van der Waals surface area contributed by atoms with E-state index in [1.54, 1.807) is 6.07 Å². The first-order valence-electron chi connectivity index (χ1n) is 6.93. The number of benzene rings is 2. The second-order valence-corrected chi connectivity index (χ2v) is 4.93. The number of phenolic OH excluding ortho intramolecular Hbond substituents is 1. The van der Waals surface area contributed by atoms with Gasteiger partial charge in [0.15, 0.2) is 23.0 Å². The van der Waals surface area contributed by atoms with Crippen LogP contribution in [0.5, 0.6) is 23.0 Å². The van der Waals surface area contributed by atoms with Gasteiger partial charge in [-0.1, -0.05) is 6.07 Å². The molecule has 4 rings (SSSR count). The monoisotopic (exact) mass is 311 g/mol. The molecule has 3 aromatic rings. The zero-order valence-corrected chi connectivity index (χ0v) is 12.2. The number of para-hydroxylation sites is 1. The van der Waals surface area contributed by atoms with Gasteiger partial charge in [0.25, 0.3) is 0 Å². The third kappa shape index (κ3) is 2.22. The topological polar surface area (TPSA) is 85.7 Å². The molecule has 0 bridgehead atoms. The minimum Gasteiger partial charge on any atom is -0.504 e. The number of hydrogen-bond acceptors (Lipinski definition) is 7. The molecule has 0 radical (unpaired) electrons. The molecule has 1 aromatic heterocycles. The number of aromatic hydroxyl groups is 1. The summed E-state index contributed by atoms with van der Waals surface area (Å²) in [6, 6.07) is 8.81. The van der Waals surface area contributed by atoms with E-state index in [9.17, 15) is 5.11 Å². The molecule has 0 spiro atoms. The lowest BCUT2D eigenvalue weighted by Gasteiger charge is -2.11. The summed E-state index contributed by atoms with van der Waals surface area (Å²) in [4.78, 5) is 8.45. The summed E-state index contributed by atoms with van der Waals surface area (Å²) in [7, 11) is 1.49. The average Bonchev–Trinajstić information content (AvgIpc) is 3.04. The number of fused-ring (bicyclic) bond motifs is 2. The molecule has 7 nitrogen and oxygen atoms in total. The van der Waals surface area contributed by atoms with Crippen molar-refractivity contribution < 1.29 is 19.3 Å². The van der Waals surface area contributed by atoms with Crippen LogP contribution in [0.1, 0.15) is 0 Å². The van der Waals surface area contributed by atoms with Crippen molar-refractivity contribution in [3.63, 3.8) is 0 Å². The van der Waals surface area contributed by atoms with Crippen LogP contribution in [0.4, 0.5) is 11.5 Å². The van der Waals surface area contributed by atoms with E-state index >= 15 is 0 Å². The van der Waals surface area contributed by atoms with Crippen molar-refractivity contribution in [2.75, 3.05) is 19.2 Å². The Balaban J connectivity index is 1.82. The van der Waals surface area contributed by atoms with E-state index in [0.717, 1.165) is 11.1 Å². The molecule has 0 aliphatic carbocycles. The van der Waals surface area contributed by atoms with Crippen LogP contribution in [0.2, 0.25) is 0 Å². The van der Waals surface area contributed by atoms with Gasteiger partial charge in [-0.05, 0) is 18.2 Å². The summed E-state index contributed by atoms with van der Waals surface area (Å²) in [6.07, 6.45) is 1.43. The minimum atomic E-state index is 0.0296. The van der Waals surface area contributed by atoms with Gasteiger partial charge in [-0.3, -0.25) is 0 Å². The highest BCUT2D eigenvalue weighted by molar-refractivity contribution is 5.93. The minimum absolute atomic E-state index is 0.0296. The molecule has 116 valence electrons. The maximum absolute atomic E-state index is 9.87. The summed E-state index contributed by atoms with van der Waals surface area (Å²) >= 11 is 0. The van der Waals surface area contributed by atoms with Gasteiger partial charge in [0.1, 0.15) is 12.1 Å². The van der Waals surface area contributed by atoms with Crippen molar-refractivity contribution in [1.82, 2.24) is 9.97 Å². The van der Waals surface area contributed by atoms with Gasteiger partial charge in [0, 0.05) is 11.5 Å². The molecule has 0 saturated heterocycles. The van der Waals surface area contributed by atoms with E-state index in [1.807, 2.05) is 18.2 Å². The van der Waals surface area contributed by atoms with E-state index in [2.05, 4.69) is 15.3 Å². The van der Waals surface area contributed by atoms with Crippen LogP contribution >= 0.6 is 0 Å². The molecule has 23 heavy (non-hydrogen) atoms. The zero-order chi connectivity index (χ0) is 15.8. The number of hydrogen-bond donors (Lipinski definition) is 2. The first-order valence-corrected chi connectivity index (χ1v) is 6.93. The second-order valence-electron chi connectivity index (χ2n) is 4.93. The summed E-state index contributed by atoms with van der Waals surface area (Å²) in [6.45, 7) is 0.195. The van der Waals surface area contributed by atoms with Crippen molar-refractivity contribution >= 4 is 22.4 Å². The number of anilines is 2. The van der Waals surface area contributed by atoms with Gasteiger partial charge in [-0.2, -0.15) is 0 Å². The molecule has 0 unspecified atom stereocenters. The van der Waals surface area contributed by atoms with E-state index in [0.29, 0.717) is 28.6 Å². The highest BCUT2D eigenvalue weighted by atomic mass is 16.7. The molecule has 2 aromatic carbocycles. The number of aromatic nitrogens is 2. The SMILES string of the molecule is COc1cc2c(Nc3cccc4c3OCO4)ncnc2cc1O.